The zero-order valence-electron chi connectivity index (χ0n) is 11.6. The van der Waals surface area contributed by atoms with Gasteiger partial charge in [0.15, 0.2) is 5.43 Å². The van der Waals surface area contributed by atoms with Gasteiger partial charge in [-0.2, -0.15) is 0 Å². The summed E-state index contributed by atoms with van der Waals surface area (Å²) < 4.78 is 6.50. The first-order valence-corrected chi connectivity index (χ1v) is 6.12. The second-order valence-electron chi connectivity index (χ2n) is 4.75. The summed E-state index contributed by atoms with van der Waals surface area (Å²) in [6.07, 6.45) is 1.72. The van der Waals surface area contributed by atoms with Crippen molar-refractivity contribution in [2.45, 2.75) is 27.3 Å². The summed E-state index contributed by atoms with van der Waals surface area (Å²) >= 11 is 0. The molecule has 1 heterocycles. The molecule has 0 aliphatic heterocycles. The predicted octanol–water partition coefficient (Wildman–Crippen LogP) is 2.10. The number of ether oxygens (including phenoxy) is 1. The summed E-state index contributed by atoms with van der Waals surface area (Å²) in [7, 11) is 1.36. The molecular formula is C15H17NO3. The molecule has 4 nitrogen and oxygen atoms in total. The highest BCUT2D eigenvalue weighted by atomic mass is 16.5. The van der Waals surface area contributed by atoms with E-state index in [0.717, 1.165) is 16.6 Å². The van der Waals surface area contributed by atoms with Gasteiger partial charge in [-0.3, -0.25) is 9.59 Å². The van der Waals surface area contributed by atoms with Gasteiger partial charge < -0.3 is 9.30 Å². The van der Waals surface area contributed by atoms with Gasteiger partial charge in [-0.15, -0.1) is 0 Å². The number of pyridine rings is 1. The van der Waals surface area contributed by atoms with Crippen molar-refractivity contribution < 1.29 is 9.53 Å². The first-order chi connectivity index (χ1) is 8.95. The van der Waals surface area contributed by atoms with Crippen molar-refractivity contribution in [3.8, 4) is 0 Å². The number of rotatable bonds is 2. The lowest BCUT2D eigenvalue weighted by Gasteiger charge is -2.14. The number of nitrogens with zero attached hydrogens (tertiary/aromatic N) is 1. The molecule has 1 aromatic heterocycles. The molecule has 0 unspecified atom stereocenters. The maximum absolute atomic E-state index is 12.2. The van der Waals surface area contributed by atoms with E-state index in [1.807, 2.05) is 26.0 Å². The molecule has 19 heavy (non-hydrogen) atoms. The third kappa shape index (κ3) is 2.26. The fraction of sp³-hybridized carbons (Fsp3) is 0.333. The lowest BCUT2D eigenvalue weighted by atomic mass is 10.0. The first-order valence-electron chi connectivity index (χ1n) is 6.12. The van der Waals surface area contributed by atoms with E-state index >= 15 is 0 Å². The largest absolute Gasteiger partial charge is 0.468 e. The van der Waals surface area contributed by atoms with Crippen LogP contribution in [0.5, 0.6) is 0 Å². The number of aryl methyl sites for hydroxylation is 3. The molecule has 0 radical (unpaired) electrons. The highest BCUT2D eigenvalue weighted by molar-refractivity contribution is 5.85. The third-order valence-electron chi connectivity index (χ3n) is 3.47. The van der Waals surface area contributed by atoms with Gasteiger partial charge in [-0.1, -0.05) is 6.07 Å². The molecule has 0 N–H and O–H groups in total. The molecule has 0 saturated heterocycles. The van der Waals surface area contributed by atoms with Crippen LogP contribution in [0.25, 0.3) is 10.9 Å². The molecule has 2 rings (SSSR count). The molecule has 0 saturated carbocycles. The van der Waals surface area contributed by atoms with Crippen LogP contribution in [-0.4, -0.2) is 17.6 Å². The lowest BCUT2D eigenvalue weighted by Crippen LogP contribution is -2.18. The molecule has 0 fully saturated rings. The second-order valence-corrected chi connectivity index (χ2v) is 4.75. The number of benzene rings is 1. The molecule has 0 aliphatic carbocycles. The summed E-state index contributed by atoms with van der Waals surface area (Å²) in [5.41, 5.74) is 3.55. The van der Waals surface area contributed by atoms with Crippen molar-refractivity contribution in [2.75, 3.05) is 7.11 Å². The van der Waals surface area contributed by atoms with Gasteiger partial charge in [0.25, 0.3) is 0 Å². The van der Waals surface area contributed by atoms with Gasteiger partial charge in [-0.05, 0) is 38.0 Å². The SMILES string of the molecule is COC(=O)Cn1cc(C)c(=O)c2ccc(C)c(C)c21. The predicted molar refractivity (Wildman–Crippen MR) is 74.4 cm³/mol. The topological polar surface area (TPSA) is 48.3 Å². The Kier molecular flexibility index (Phi) is 3.42. The van der Waals surface area contributed by atoms with E-state index in [1.54, 1.807) is 17.7 Å². The Hall–Kier alpha value is -2.10. The Morgan fingerprint density at radius 3 is 2.53 bits per heavy atom. The van der Waals surface area contributed by atoms with Crippen molar-refractivity contribution in [3.63, 3.8) is 0 Å². The summed E-state index contributed by atoms with van der Waals surface area (Å²) in [4.78, 5) is 23.7. The van der Waals surface area contributed by atoms with Crippen LogP contribution in [0.4, 0.5) is 0 Å². The highest BCUT2D eigenvalue weighted by Crippen LogP contribution is 2.20. The van der Waals surface area contributed by atoms with Crippen LogP contribution in [-0.2, 0) is 16.1 Å². The Labute approximate surface area is 111 Å². The number of methoxy groups -OCH3 is 1. The zero-order chi connectivity index (χ0) is 14.2. The minimum Gasteiger partial charge on any atom is -0.468 e. The Morgan fingerprint density at radius 1 is 1.21 bits per heavy atom. The zero-order valence-corrected chi connectivity index (χ0v) is 11.6. The van der Waals surface area contributed by atoms with Crippen LogP contribution in [0, 0.1) is 20.8 Å². The maximum Gasteiger partial charge on any atom is 0.325 e. The van der Waals surface area contributed by atoms with Crippen LogP contribution >= 0.6 is 0 Å². The number of carbonyl (C=O) groups is 1. The van der Waals surface area contributed by atoms with Gasteiger partial charge in [0.2, 0.25) is 0 Å². The molecule has 0 amide bonds. The number of hydrogen-bond acceptors (Lipinski definition) is 3. The number of aromatic nitrogens is 1. The Morgan fingerprint density at radius 2 is 1.89 bits per heavy atom. The van der Waals surface area contributed by atoms with Crippen molar-refractivity contribution in [3.05, 3.63) is 45.2 Å². The maximum atomic E-state index is 12.2. The standard InChI is InChI=1S/C15H17NO3/c1-9-5-6-12-14(11(9)3)16(8-13(17)19-4)7-10(2)15(12)18/h5-7H,8H2,1-4H3. The van der Waals surface area contributed by atoms with E-state index in [2.05, 4.69) is 0 Å². The van der Waals surface area contributed by atoms with E-state index in [0.29, 0.717) is 10.9 Å². The molecule has 4 heteroatoms. The quantitative estimate of drug-likeness (QED) is 0.776. The number of fused-ring (bicyclic) bond motifs is 1. The van der Waals surface area contributed by atoms with E-state index in [9.17, 15) is 9.59 Å². The van der Waals surface area contributed by atoms with Gasteiger partial charge in [0.1, 0.15) is 6.54 Å². The third-order valence-corrected chi connectivity index (χ3v) is 3.47. The van der Waals surface area contributed by atoms with E-state index in [4.69, 9.17) is 4.74 Å². The number of esters is 1. The second kappa shape index (κ2) is 4.88. The average molecular weight is 259 g/mol. The molecular weight excluding hydrogens is 242 g/mol. The molecule has 2 aromatic rings. The van der Waals surface area contributed by atoms with Gasteiger partial charge in [-0.25, -0.2) is 0 Å². The van der Waals surface area contributed by atoms with Crippen molar-refractivity contribution in [1.29, 1.82) is 0 Å². The minimum atomic E-state index is -0.328. The summed E-state index contributed by atoms with van der Waals surface area (Å²) in [6, 6.07) is 3.75. The minimum absolute atomic E-state index is 0.0132. The van der Waals surface area contributed by atoms with Crippen molar-refractivity contribution in [2.24, 2.45) is 0 Å². The molecule has 0 spiro atoms. The smallest absolute Gasteiger partial charge is 0.325 e. The van der Waals surface area contributed by atoms with E-state index in [1.165, 1.54) is 7.11 Å². The highest BCUT2D eigenvalue weighted by Gasteiger charge is 2.12. The average Bonchev–Trinajstić information content (AvgIpc) is 2.38. The van der Waals surface area contributed by atoms with Crippen LogP contribution in [0.1, 0.15) is 16.7 Å². The number of carbonyl (C=O) groups excluding carboxylic acids is 1. The first kappa shape index (κ1) is 13.3. The van der Waals surface area contributed by atoms with Gasteiger partial charge >= 0.3 is 5.97 Å². The monoisotopic (exact) mass is 259 g/mol. The fourth-order valence-electron chi connectivity index (χ4n) is 2.25. The molecule has 1 aromatic carbocycles. The normalized spacial score (nSPS) is 10.7. The van der Waals surface area contributed by atoms with Gasteiger partial charge in [0, 0.05) is 17.1 Å². The van der Waals surface area contributed by atoms with Crippen LogP contribution < -0.4 is 5.43 Å². The van der Waals surface area contributed by atoms with Crippen molar-refractivity contribution >= 4 is 16.9 Å². The number of hydrogen-bond donors (Lipinski definition) is 0. The van der Waals surface area contributed by atoms with Crippen LogP contribution in [0.15, 0.2) is 23.1 Å². The molecule has 0 atom stereocenters. The lowest BCUT2D eigenvalue weighted by molar-refractivity contribution is -0.141. The Bertz CT molecular complexity index is 713. The summed E-state index contributed by atoms with van der Waals surface area (Å²) in [6.45, 7) is 5.81. The molecule has 0 bridgehead atoms. The molecule has 0 aliphatic rings. The molecule has 100 valence electrons. The van der Waals surface area contributed by atoms with Crippen LogP contribution in [0.3, 0.4) is 0 Å². The van der Waals surface area contributed by atoms with Crippen LogP contribution in [0.2, 0.25) is 0 Å². The summed E-state index contributed by atoms with van der Waals surface area (Å²) in [5.74, 6) is -0.328. The fourth-order valence-corrected chi connectivity index (χ4v) is 2.25. The van der Waals surface area contributed by atoms with Crippen molar-refractivity contribution in [1.82, 2.24) is 4.57 Å². The summed E-state index contributed by atoms with van der Waals surface area (Å²) in [5, 5.41) is 0.645. The van der Waals surface area contributed by atoms with Gasteiger partial charge in [0.05, 0.1) is 12.6 Å². The Balaban J connectivity index is 2.82. The van der Waals surface area contributed by atoms with E-state index in [-0.39, 0.29) is 17.9 Å². The van der Waals surface area contributed by atoms with E-state index < -0.39 is 0 Å².